The summed E-state index contributed by atoms with van der Waals surface area (Å²) in [6.45, 7) is 3.47. The summed E-state index contributed by atoms with van der Waals surface area (Å²) >= 11 is 0. The zero-order valence-electron chi connectivity index (χ0n) is 11.4. The molecule has 3 fully saturated rings. The topological polar surface area (TPSA) is 25.2 Å². The minimum absolute atomic E-state index is 0. The van der Waals surface area contributed by atoms with Crippen LogP contribution in [0.25, 0.3) is 10.8 Å². The zero-order valence-corrected chi connectivity index (χ0v) is 12.2. The number of nitrogens with zero attached hydrogens (tertiary/aromatic N) is 2. The molecule has 3 aliphatic heterocycles. The molecule has 3 saturated heterocycles. The molecule has 3 nitrogen and oxygen atoms in total. The second-order valence-electron chi connectivity index (χ2n) is 5.82. The third-order valence-corrected chi connectivity index (χ3v) is 4.82. The van der Waals surface area contributed by atoms with Gasteiger partial charge in [0.05, 0.1) is 6.04 Å². The number of piperidine rings is 3. The van der Waals surface area contributed by atoms with E-state index >= 15 is 0 Å². The Labute approximate surface area is 124 Å². The van der Waals surface area contributed by atoms with Crippen LogP contribution in [0.2, 0.25) is 0 Å². The maximum atomic E-state index is 12.6. The zero-order chi connectivity index (χ0) is 12.8. The van der Waals surface area contributed by atoms with Gasteiger partial charge in [0.2, 0.25) is 0 Å². The molecule has 1 atom stereocenters. The van der Waals surface area contributed by atoms with Gasteiger partial charge in [0.15, 0.2) is 0 Å². The SMILES string of the molecule is Cl.O=c1c2ccccc2ccn1C1CN2CCC1CC2. The van der Waals surface area contributed by atoms with Crippen LogP contribution in [-0.4, -0.2) is 29.1 Å². The van der Waals surface area contributed by atoms with E-state index in [2.05, 4.69) is 11.0 Å². The van der Waals surface area contributed by atoms with Crippen LogP contribution < -0.4 is 5.56 Å². The van der Waals surface area contributed by atoms with Gasteiger partial charge in [-0.2, -0.15) is 0 Å². The normalized spacial score (nSPS) is 28.3. The molecule has 1 aromatic heterocycles. The number of pyridine rings is 1. The molecule has 3 aliphatic rings. The molecule has 0 N–H and O–H groups in total. The average molecular weight is 291 g/mol. The molecular formula is C16H19ClN2O. The summed E-state index contributed by atoms with van der Waals surface area (Å²) in [4.78, 5) is 15.1. The molecule has 0 amide bonds. The van der Waals surface area contributed by atoms with E-state index in [1.165, 1.54) is 25.9 Å². The van der Waals surface area contributed by atoms with E-state index in [1.807, 2.05) is 35.0 Å². The maximum absolute atomic E-state index is 12.6. The molecule has 2 bridgehead atoms. The molecule has 4 heterocycles. The summed E-state index contributed by atoms with van der Waals surface area (Å²) in [5.41, 5.74) is 0.178. The lowest BCUT2D eigenvalue weighted by Gasteiger charge is -2.45. The Bertz CT molecular complexity index is 673. The van der Waals surface area contributed by atoms with Crippen molar-refractivity contribution in [2.45, 2.75) is 18.9 Å². The van der Waals surface area contributed by atoms with Gasteiger partial charge in [0, 0.05) is 18.1 Å². The number of benzene rings is 1. The first kappa shape index (κ1) is 13.7. The quantitative estimate of drug-likeness (QED) is 0.807. The van der Waals surface area contributed by atoms with E-state index in [4.69, 9.17) is 0 Å². The van der Waals surface area contributed by atoms with Crippen molar-refractivity contribution in [1.82, 2.24) is 9.47 Å². The van der Waals surface area contributed by atoms with Gasteiger partial charge >= 0.3 is 0 Å². The largest absolute Gasteiger partial charge is 0.310 e. The maximum Gasteiger partial charge on any atom is 0.258 e. The fraction of sp³-hybridized carbons (Fsp3) is 0.438. The Morgan fingerprint density at radius 3 is 2.50 bits per heavy atom. The predicted molar refractivity (Wildman–Crippen MR) is 83.7 cm³/mol. The molecular weight excluding hydrogens is 272 g/mol. The van der Waals surface area contributed by atoms with Crippen molar-refractivity contribution in [3.05, 3.63) is 46.9 Å². The Morgan fingerprint density at radius 2 is 1.80 bits per heavy atom. The molecule has 0 radical (unpaired) electrons. The van der Waals surface area contributed by atoms with E-state index in [0.717, 1.165) is 17.3 Å². The van der Waals surface area contributed by atoms with Crippen molar-refractivity contribution in [3.8, 4) is 0 Å². The van der Waals surface area contributed by atoms with Crippen LogP contribution in [0, 0.1) is 5.92 Å². The molecule has 1 aromatic carbocycles. The third kappa shape index (κ3) is 2.05. The van der Waals surface area contributed by atoms with E-state index < -0.39 is 0 Å². The first-order valence-electron chi connectivity index (χ1n) is 7.15. The Morgan fingerprint density at radius 1 is 1.05 bits per heavy atom. The van der Waals surface area contributed by atoms with Crippen LogP contribution in [0.15, 0.2) is 41.3 Å². The first-order valence-corrected chi connectivity index (χ1v) is 7.15. The highest BCUT2D eigenvalue weighted by atomic mass is 35.5. The number of fused-ring (bicyclic) bond motifs is 4. The summed E-state index contributed by atoms with van der Waals surface area (Å²) in [5, 5.41) is 1.89. The van der Waals surface area contributed by atoms with E-state index in [-0.39, 0.29) is 18.0 Å². The van der Waals surface area contributed by atoms with Crippen LogP contribution in [0.5, 0.6) is 0 Å². The van der Waals surface area contributed by atoms with Crippen LogP contribution in [-0.2, 0) is 0 Å². The second kappa shape index (κ2) is 5.23. The number of hydrogen-bond donors (Lipinski definition) is 0. The lowest BCUT2D eigenvalue weighted by atomic mass is 9.84. The number of rotatable bonds is 1. The number of halogens is 1. The Kier molecular flexibility index (Phi) is 3.57. The van der Waals surface area contributed by atoms with Crippen molar-refractivity contribution in [2.24, 2.45) is 5.92 Å². The lowest BCUT2D eigenvalue weighted by Crippen LogP contribution is -2.49. The van der Waals surface area contributed by atoms with Crippen molar-refractivity contribution in [1.29, 1.82) is 0 Å². The summed E-state index contributed by atoms with van der Waals surface area (Å²) in [6.07, 6.45) is 4.48. The van der Waals surface area contributed by atoms with Crippen LogP contribution >= 0.6 is 12.4 Å². The van der Waals surface area contributed by atoms with Crippen molar-refractivity contribution in [3.63, 3.8) is 0 Å². The average Bonchev–Trinajstić information content (AvgIpc) is 2.49. The van der Waals surface area contributed by atoms with Gasteiger partial charge < -0.3 is 9.47 Å². The fourth-order valence-electron chi connectivity index (χ4n) is 3.71. The van der Waals surface area contributed by atoms with Crippen molar-refractivity contribution < 1.29 is 0 Å². The summed E-state index contributed by atoms with van der Waals surface area (Å²) in [7, 11) is 0. The monoisotopic (exact) mass is 290 g/mol. The molecule has 20 heavy (non-hydrogen) atoms. The predicted octanol–water partition coefficient (Wildman–Crippen LogP) is 2.69. The summed E-state index contributed by atoms with van der Waals surface area (Å²) < 4.78 is 1.98. The number of aromatic nitrogens is 1. The molecule has 0 spiro atoms. The van der Waals surface area contributed by atoms with E-state index in [1.54, 1.807) is 0 Å². The minimum Gasteiger partial charge on any atom is -0.310 e. The highest BCUT2D eigenvalue weighted by Crippen LogP contribution is 2.34. The lowest BCUT2D eigenvalue weighted by molar-refractivity contribution is 0.0556. The van der Waals surface area contributed by atoms with E-state index in [0.29, 0.717) is 12.0 Å². The third-order valence-electron chi connectivity index (χ3n) is 4.82. The summed E-state index contributed by atoms with van der Waals surface area (Å²) in [6, 6.07) is 10.3. The molecule has 4 heteroatoms. The highest BCUT2D eigenvalue weighted by molar-refractivity contribution is 5.85. The standard InChI is InChI=1S/C16H18N2O.ClH/c19-16-14-4-2-1-3-12(14)7-10-18(16)15-11-17-8-5-13(15)6-9-17;/h1-4,7,10,13,15H,5-6,8-9,11H2;1H. The van der Waals surface area contributed by atoms with Crippen LogP contribution in [0.3, 0.4) is 0 Å². The molecule has 106 valence electrons. The minimum atomic E-state index is 0. The fourth-order valence-corrected chi connectivity index (χ4v) is 3.71. The second-order valence-corrected chi connectivity index (χ2v) is 5.82. The summed E-state index contributed by atoms with van der Waals surface area (Å²) in [5.74, 6) is 0.684. The van der Waals surface area contributed by atoms with Gasteiger partial charge in [0.1, 0.15) is 0 Å². The Balaban J connectivity index is 0.00000121. The van der Waals surface area contributed by atoms with Gasteiger partial charge in [-0.1, -0.05) is 18.2 Å². The first-order chi connectivity index (χ1) is 9.33. The van der Waals surface area contributed by atoms with Gasteiger partial charge in [-0.25, -0.2) is 0 Å². The smallest absolute Gasteiger partial charge is 0.258 e. The van der Waals surface area contributed by atoms with Gasteiger partial charge in [0.25, 0.3) is 5.56 Å². The van der Waals surface area contributed by atoms with Crippen molar-refractivity contribution in [2.75, 3.05) is 19.6 Å². The molecule has 0 aliphatic carbocycles. The number of hydrogen-bond acceptors (Lipinski definition) is 2. The molecule has 5 rings (SSSR count). The van der Waals surface area contributed by atoms with Crippen LogP contribution in [0.1, 0.15) is 18.9 Å². The molecule has 1 unspecified atom stereocenters. The highest BCUT2D eigenvalue weighted by Gasteiger charge is 2.35. The van der Waals surface area contributed by atoms with Gasteiger partial charge in [-0.05, 0) is 49.4 Å². The Hall–Kier alpha value is -1.32. The van der Waals surface area contributed by atoms with E-state index in [9.17, 15) is 4.79 Å². The molecule has 2 aromatic rings. The van der Waals surface area contributed by atoms with Gasteiger partial charge in [-0.15, -0.1) is 12.4 Å². The van der Waals surface area contributed by atoms with Crippen LogP contribution in [0.4, 0.5) is 0 Å². The van der Waals surface area contributed by atoms with Crippen molar-refractivity contribution >= 4 is 23.2 Å². The molecule has 0 saturated carbocycles. The van der Waals surface area contributed by atoms with Gasteiger partial charge in [-0.3, -0.25) is 4.79 Å².